The van der Waals surface area contributed by atoms with Gasteiger partial charge in [-0.15, -0.1) is 11.6 Å². The van der Waals surface area contributed by atoms with Gasteiger partial charge in [-0.3, -0.25) is 0 Å². The molecule has 0 radical (unpaired) electrons. The summed E-state index contributed by atoms with van der Waals surface area (Å²) < 4.78 is 25.9. The van der Waals surface area contributed by atoms with E-state index in [0.29, 0.717) is 18.3 Å². The van der Waals surface area contributed by atoms with Crippen LogP contribution >= 0.6 is 11.6 Å². The third-order valence-electron chi connectivity index (χ3n) is 2.36. The lowest BCUT2D eigenvalue weighted by molar-refractivity contribution is 0.456. The monoisotopic (exact) mass is 269 g/mol. The fraction of sp³-hybridized carbons (Fsp3) is 1.00. The highest BCUT2D eigenvalue weighted by atomic mass is 35.5. The molecule has 0 fully saturated rings. The van der Waals surface area contributed by atoms with E-state index in [4.69, 9.17) is 11.6 Å². The molecular weight excluding hydrogens is 246 g/mol. The maximum absolute atomic E-state index is 11.6. The van der Waals surface area contributed by atoms with E-state index in [-0.39, 0.29) is 11.7 Å². The summed E-state index contributed by atoms with van der Waals surface area (Å²) in [6.45, 7) is 6.43. The second-order valence-electron chi connectivity index (χ2n) is 4.66. The summed E-state index contributed by atoms with van der Waals surface area (Å²) in [5.41, 5.74) is 0. The molecule has 0 saturated heterocycles. The molecular formula is C11H24ClNO2S. The maximum atomic E-state index is 11.6. The van der Waals surface area contributed by atoms with Crippen molar-refractivity contribution in [2.45, 2.75) is 40.0 Å². The number of hydrogen-bond acceptors (Lipinski definition) is 2. The Morgan fingerprint density at radius 3 is 2.31 bits per heavy atom. The van der Waals surface area contributed by atoms with E-state index in [9.17, 15) is 8.42 Å². The van der Waals surface area contributed by atoms with Gasteiger partial charge in [0.15, 0.2) is 0 Å². The van der Waals surface area contributed by atoms with Crippen LogP contribution in [0, 0.1) is 11.8 Å². The number of halogens is 1. The first-order valence-electron chi connectivity index (χ1n) is 5.94. The molecule has 0 aliphatic heterocycles. The van der Waals surface area contributed by atoms with Crippen LogP contribution in [0.3, 0.4) is 0 Å². The largest absolute Gasteiger partial charge is 0.215 e. The summed E-state index contributed by atoms with van der Waals surface area (Å²) in [5, 5.41) is 0. The van der Waals surface area contributed by atoms with Gasteiger partial charge in [-0.2, -0.15) is 0 Å². The number of alkyl halides is 1. The average Bonchev–Trinajstić information content (AvgIpc) is 2.13. The molecule has 0 bridgehead atoms. The predicted octanol–water partition coefficient (Wildman–Crippen LogP) is 2.61. The van der Waals surface area contributed by atoms with Crippen molar-refractivity contribution in [3.8, 4) is 0 Å². The first-order valence-corrected chi connectivity index (χ1v) is 8.13. The van der Waals surface area contributed by atoms with Gasteiger partial charge in [-0.25, -0.2) is 13.1 Å². The molecule has 0 aromatic heterocycles. The van der Waals surface area contributed by atoms with Gasteiger partial charge < -0.3 is 0 Å². The molecule has 1 unspecified atom stereocenters. The fourth-order valence-corrected chi connectivity index (χ4v) is 3.45. The molecule has 3 nitrogen and oxygen atoms in total. The molecule has 0 aromatic rings. The quantitative estimate of drug-likeness (QED) is 0.654. The third-order valence-corrected chi connectivity index (χ3v) is 4.29. The molecule has 0 amide bonds. The summed E-state index contributed by atoms with van der Waals surface area (Å²) in [5.74, 6) is 1.32. The average molecular weight is 270 g/mol. The highest BCUT2D eigenvalue weighted by molar-refractivity contribution is 7.89. The lowest BCUT2D eigenvalue weighted by atomic mass is 10.0. The molecule has 1 N–H and O–H groups in total. The highest BCUT2D eigenvalue weighted by Crippen LogP contribution is 2.11. The van der Waals surface area contributed by atoms with Crippen molar-refractivity contribution in [2.75, 3.05) is 18.2 Å². The molecule has 1 atom stereocenters. The zero-order chi connectivity index (χ0) is 12.6. The number of nitrogens with one attached hydrogen (secondary N) is 1. The lowest BCUT2D eigenvalue weighted by Gasteiger charge is -2.16. The van der Waals surface area contributed by atoms with Crippen LogP contribution in [-0.2, 0) is 10.0 Å². The summed E-state index contributed by atoms with van der Waals surface area (Å²) in [6, 6.07) is 0. The van der Waals surface area contributed by atoms with Crippen LogP contribution in [0.15, 0.2) is 0 Å². The Hall–Kier alpha value is 0.200. The van der Waals surface area contributed by atoms with Crippen LogP contribution < -0.4 is 4.72 Å². The van der Waals surface area contributed by atoms with Crippen molar-refractivity contribution in [1.82, 2.24) is 4.72 Å². The maximum Gasteiger partial charge on any atom is 0.211 e. The molecule has 0 aliphatic rings. The van der Waals surface area contributed by atoms with Gasteiger partial charge in [0, 0.05) is 12.4 Å². The fourth-order valence-electron chi connectivity index (χ4n) is 1.65. The van der Waals surface area contributed by atoms with E-state index in [1.54, 1.807) is 0 Å². The van der Waals surface area contributed by atoms with Crippen molar-refractivity contribution in [2.24, 2.45) is 11.8 Å². The van der Waals surface area contributed by atoms with E-state index in [0.717, 1.165) is 19.3 Å². The van der Waals surface area contributed by atoms with Crippen molar-refractivity contribution < 1.29 is 8.42 Å². The summed E-state index contributed by atoms with van der Waals surface area (Å²) in [6.07, 6.45) is 2.96. The van der Waals surface area contributed by atoms with Crippen LogP contribution in [0.5, 0.6) is 0 Å². The normalized spacial score (nSPS) is 14.3. The summed E-state index contributed by atoms with van der Waals surface area (Å²) >= 11 is 5.69. The van der Waals surface area contributed by atoms with Crippen LogP contribution in [0.25, 0.3) is 0 Å². The Morgan fingerprint density at radius 1 is 1.25 bits per heavy atom. The third kappa shape index (κ3) is 8.36. The Bertz CT molecular complexity index is 259. The van der Waals surface area contributed by atoms with Gasteiger partial charge in [0.05, 0.1) is 5.75 Å². The molecule has 0 heterocycles. The van der Waals surface area contributed by atoms with Gasteiger partial charge in [0.2, 0.25) is 10.0 Å². The second-order valence-corrected chi connectivity index (χ2v) is 6.89. The second kappa shape index (κ2) is 8.31. The van der Waals surface area contributed by atoms with Crippen LogP contribution in [-0.4, -0.2) is 26.6 Å². The minimum absolute atomic E-state index is 0.162. The predicted molar refractivity (Wildman–Crippen MR) is 70.4 cm³/mol. The number of hydrogen-bond donors (Lipinski definition) is 1. The first-order chi connectivity index (χ1) is 7.41. The van der Waals surface area contributed by atoms with Crippen molar-refractivity contribution in [1.29, 1.82) is 0 Å². The van der Waals surface area contributed by atoms with Gasteiger partial charge in [-0.05, 0) is 24.7 Å². The smallest absolute Gasteiger partial charge is 0.211 e. The van der Waals surface area contributed by atoms with E-state index in [1.165, 1.54) is 0 Å². The molecule has 0 saturated carbocycles. The van der Waals surface area contributed by atoms with Crippen molar-refractivity contribution in [3.63, 3.8) is 0 Å². The van der Waals surface area contributed by atoms with Gasteiger partial charge in [0.1, 0.15) is 0 Å². The van der Waals surface area contributed by atoms with Crippen molar-refractivity contribution >= 4 is 21.6 Å². The standard InChI is InChI=1S/C11H24ClNO2S/c1-4-5-11(6-7-12)8-13-16(14,15)9-10(2)3/h10-11,13H,4-9H2,1-3H3. The Kier molecular flexibility index (Phi) is 8.42. The van der Waals surface area contributed by atoms with E-state index in [1.807, 2.05) is 13.8 Å². The Balaban J connectivity index is 4.08. The van der Waals surface area contributed by atoms with Crippen LogP contribution in [0.2, 0.25) is 0 Å². The van der Waals surface area contributed by atoms with Crippen molar-refractivity contribution in [3.05, 3.63) is 0 Å². The molecule has 0 spiro atoms. The Labute approximate surface area is 105 Å². The van der Waals surface area contributed by atoms with Crippen LogP contribution in [0.4, 0.5) is 0 Å². The molecule has 5 heteroatoms. The minimum atomic E-state index is -3.11. The zero-order valence-electron chi connectivity index (χ0n) is 10.5. The Morgan fingerprint density at radius 2 is 1.88 bits per heavy atom. The number of sulfonamides is 1. The van der Waals surface area contributed by atoms with Gasteiger partial charge in [-0.1, -0.05) is 27.2 Å². The molecule has 16 heavy (non-hydrogen) atoms. The molecule has 0 aromatic carbocycles. The zero-order valence-corrected chi connectivity index (χ0v) is 12.1. The minimum Gasteiger partial charge on any atom is -0.215 e. The molecule has 0 rings (SSSR count). The molecule has 0 aliphatic carbocycles. The van der Waals surface area contributed by atoms with Crippen LogP contribution in [0.1, 0.15) is 40.0 Å². The topological polar surface area (TPSA) is 46.2 Å². The lowest BCUT2D eigenvalue weighted by Crippen LogP contribution is -2.33. The van der Waals surface area contributed by atoms with Gasteiger partial charge in [0.25, 0.3) is 0 Å². The molecule has 98 valence electrons. The summed E-state index contributed by atoms with van der Waals surface area (Å²) in [4.78, 5) is 0. The van der Waals surface area contributed by atoms with E-state index in [2.05, 4.69) is 11.6 Å². The first kappa shape index (κ1) is 16.2. The number of rotatable bonds is 9. The van der Waals surface area contributed by atoms with Gasteiger partial charge >= 0.3 is 0 Å². The highest BCUT2D eigenvalue weighted by Gasteiger charge is 2.15. The van der Waals surface area contributed by atoms with E-state index >= 15 is 0 Å². The summed E-state index contributed by atoms with van der Waals surface area (Å²) in [7, 11) is -3.11. The SMILES string of the molecule is CCCC(CCCl)CNS(=O)(=O)CC(C)C. The van der Waals surface area contributed by atoms with E-state index < -0.39 is 10.0 Å².